The van der Waals surface area contributed by atoms with Crippen molar-refractivity contribution in [3.05, 3.63) is 29.6 Å². The molecule has 0 bridgehead atoms. The topological polar surface area (TPSA) is 90.9 Å². The van der Waals surface area contributed by atoms with E-state index in [1.807, 2.05) is 13.8 Å². The molecular weight excluding hydrogens is 295 g/mol. The van der Waals surface area contributed by atoms with Crippen LogP contribution in [0.25, 0.3) is 11.4 Å². The Hall–Kier alpha value is -1.80. The Bertz CT molecular complexity index is 768. The van der Waals surface area contributed by atoms with Crippen molar-refractivity contribution in [2.45, 2.75) is 32.5 Å². The zero-order chi connectivity index (χ0) is 15.8. The molecule has 2 N–H and O–H groups in total. The molecule has 0 fully saturated rings. The summed E-state index contributed by atoms with van der Waals surface area (Å²) in [6.07, 6.45) is 0. The second-order valence-corrected chi connectivity index (χ2v) is 6.77. The number of aromatic nitrogens is 3. The molecule has 0 saturated heterocycles. The van der Waals surface area contributed by atoms with Crippen molar-refractivity contribution in [1.82, 2.24) is 14.8 Å². The summed E-state index contributed by atoms with van der Waals surface area (Å²) in [6, 6.07) is 4.45. The maximum Gasteiger partial charge on any atom is 0.273 e. The van der Waals surface area contributed by atoms with Gasteiger partial charge in [-0.05, 0) is 36.6 Å². The van der Waals surface area contributed by atoms with Crippen LogP contribution >= 0.6 is 0 Å². The molecule has 0 aliphatic carbocycles. The van der Waals surface area contributed by atoms with Crippen LogP contribution in [0.4, 0.5) is 4.39 Å². The molecule has 6 nitrogen and oxygen atoms in total. The van der Waals surface area contributed by atoms with E-state index in [2.05, 4.69) is 10.2 Å². The highest BCUT2D eigenvalue weighted by Crippen LogP contribution is 2.23. The third-order valence-electron chi connectivity index (χ3n) is 2.94. The van der Waals surface area contributed by atoms with E-state index in [0.717, 1.165) is 0 Å². The van der Waals surface area contributed by atoms with Gasteiger partial charge in [-0.1, -0.05) is 13.8 Å². The van der Waals surface area contributed by atoms with Crippen LogP contribution in [0.1, 0.15) is 19.4 Å². The molecule has 21 heavy (non-hydrogen) atoms. The van der Waals surface area contributed by atoms with Crippen molar-refractivity contribution in [3.8, 4) is 11.4 Å². The third kappa shape index (κ3) is 3.27. The maximum atomic E-state index is 13.4. The van der Waals surface area contributed by atoms with Crippen LogP contribution in [0.2, 0.25) is 0 Å². The normalized spacial score (nSPS) is 12.1. The van der Waals surface area contributed by atoms with Gasteiger partial charge in [-0.15, -0.1) is 10.2 Å². The van der Waals surface area contributed by atoms with E-state index < -0.39 is 10.0 Å². The first-order chi connectivity index (χ1) is 9.70. The second kappa shape index (κ2) is 5.53. The fraction of sp³-hybridized carbons (Fsp3) is 0.385. The lowest BCUT2D eigenvalue weighted by atomic mass is 10.1. The van der Waals surface area contributed by atoms with Gasteiger partial charge in [0.05, 0.1) is 0 Å². The molecular formula is C13H17FN4O2S. The lowest BCUT2D eigenvalue weighted by Crippen LogP contribution is -2.20. The van der Waals surface area contributed by atoms with Gasteiger partial charge in [-0.25, -0.2) is 17.9 Å². The van der Waals surface area contributed by atoms with Crippen molar-refractivity contribution in [1.29, 1.82) is 0 Å². The quantitative estimate of drug-likeness (QED) is 0.930. The molecule has 1 aromatic heterocycles. The Morgan fingerprint density at radius 2 is 2.00 bits per heavy atom. The number of benzene rings is 1. The van der Waals surface area contributed by atoms with Crippen LogP contribution < -0.4 is 5.14 Å². The van der Waals surface area contributed by atoms with Crippen LogP contribution in [0, 0.1) is 18.7 Å². The van der Waals surface area contributed by atoms with Crippen LogP contribution in [0.3, 0.4) is 0 Å². The van der Waals surface area contributed by atoms with Crippen LogP contribution in [-0.4, -0.2) is 23.2 Å². The summed E-state index contributed by atoms with van der Waals surface area (Å²) in [4.78, 5) is 0. The fourth-order valence-corrected chi connectivity index (χ4v) is 2.65. The van der Waals surface area contributed by atoms with Crippen LogP contribution in [0.15, 0.2) is 23.4 Å². The highest BCUT2D eigenvalue weighted by atomic mass is 32.2. The SMILES string of the molecule is Cc1cc(-c2nnc(S(N)(=O)=O)n2CC(C)C)ccc1F. The average molecular weight is 312 g/mol. The summed E-state index contributed by atoms with van der Waals surface area (Å²) in [6.45, 7) is 5.90. The van der Waals surface area contributed by atoms with E-state index in [4.69, 9.17) is 5.14 Å². The van der Waals surface area contributed by atoms with E-state index in [1.165, 1.54) is 16.7 Å². The third-order valence-corrected chi connectivity index (χ3v) is 3.75. The Labute approximate surface area is 122 Å². The summed E-state index contributed by atoms with van der Waals surface area (Å²) in [7, 11) is -3.97. The first-order valence-electron chi connectivity index (χ1n) is 6.42. The summed E-state index contributed by atoms with van der Waals surface area (Å²) in [5.74, 6) is 0.193. The number of primary sulfonamides is 1. The Kier molecular flexibility index (Phi) is 4.11. The van der Waals surface area contributed by atoms with Gasteiger partial charge in [0.15, 0.2) is 5.82 Å². The number of sulfonamides is 1. The van der Waals surface area contributed by atoms with Gasteiger partial charge in [0.1, 0.15) is 5.82 Å². The van der Waals surface area contributed by atoms with Crippen LogP contribution in [0.5, 0.6) is 0 Å². The van der Waals surface area contributed by atoms with Gasteiger partial charge < -0.3 is 0 Å². The number of hydrogen-bond donors (Lipinski definition) is 1. The molecule has 114 valence electrons. The smallest absolute Gasteiger partial charge is 0.273 e. The molecule has 0 spiro atoms. The average Bonchev–Trinajstić information content (AvgIpc) is 2.75. The lowest BCUT2D eigenvalue weighted by Gasteiger charge is -2.12. The van der Waals surface area contributed by atoms with Crippen molar-refractivity contribution >= 4 is 10.0 Å². The summed E-state index contributed by atoms with van der Waals surface area (Å²) in [5, 5.41) is 12.5. The minimum atomic E-state index is -3.97. The Balaban J connectivity index is 2.63. The highest BCUT2D eigenvalue weighted by Gasteiger charge is 2.22. The number of hydrogen-bond acceptors (Lipinski definition) is 4. The van der Waals surface area contributed by atoms with Gasteiger partial charge in [-0.2, -0.15) is 0 Å². The zero-order valence-corrected chi connectivity index (χ0v) is 12.9. The van der Waals surface area contributed by atoms with Crippen molar-refractivity contribution in [2.24, 2.45) is 11.1 Å². The molecule has 0 unspecified atom stereocenters. The molecule has 1 aromatic carbocycles. The fourth-order valence-electron chi connectivity index (χ4n) is 2.03. The monoisotopic (exact) mass is 312 g/mol. The first kappa shape index (κ1) is 15.6. The summed E-state index contributed by atoms with van der Waals surface area (Å²) in [5.41, 5.74) is 1.04. The second-order valence-electron chi connectivity index (χ2n) is 5.32. The molecule has 0 saturated carbocycles. The molecule has 0 aliphatic rings. The zero-order valence-electron chi connectivity index (χ0n) is 12.0. The first-order valence-corrected chi connectivity index (χ1v) is 7.97. The molecule has 0 amide bonds. The summed E-state index contributed by atoms with van der Waals surface area (Å²) < 4.78 is 38.0. The van der Waals surface area contributed by atoms with Gasteiger partial charge >= 0.3 is 0 Å². The molecule has 2 aromatic rings. The number of aryl methyl sites for hydroxylation is 1. The largest absolute Gasteiger partial charge is 0.296 e. The van der Waals surface area contributed by atoms with E-state index in [0.29, 0.717) is 23.5 Å². The lowest BCUT2D eigenvalue weighted by molar-refractivity contribution is 0.486. The molecule has 0 atom stereocenters. The summed E-state index contributed by atoms with van der Waals surface area (Å²) >= 11 is 0. The van der Waals surface area contributed by atoms with Gasteiger partial charge in [0, 0.05) is 12.1 Å². The van der Waals surface area contributed by atoms with E-state index in [1.54, 1.807) is 13.0 Å². The Morgan fingerprint density at radius 3 is 2.52 bits per heavy atom. The van der Waals surface area contributed by atoms with Crippen molar-refractivity contribution in [3.63, 3.8) is 0 Å². The van der Waals surface area contributed by atoms with Crippen molar-refractivity contribution < 1.29 is 12.8 Å². The molecule has 0 radical (unpaired) electrons. The maximum absolute atomic E-state index is 13.4. The predicted molar refractivity (Wildman–Crippen MR) is 76.4 cm³/mol. The minimum absolute atomic E-state index is 0.168. The van der Waals surface area contributed by atoms with Gasteiger partial charge in [0.2, 0.25) is 0 Å². The van der Waals surface area contributed by atoms with E-state index in [-0.39, 0.29) is 16.9 Å². The number of halogens is 1. The molecule has 8 heteroatoms. The highest BCUT2D eigenvalue weighted by molar-refractivity contribution is 7.89. The standard InChI is InChI=1S/C13H17FN4O2S/c1-8(2)7-18-12(16-17-13(18)21(15,19)20)10-4-5-11(14)9(3)6-10/h4-6,8H,7H2,1-3H3,(H2,15,19,20). The molecule has 2 rings (SSSR count). The number of rotatable bonds is 4. The molecule has 1 heterocycles. The molecule has 0 aliphatic heterocycles. The number of nitrogens with zero attached hydrogens (tertiary/aromatic N) is 3. The Morgan fingerprint density at radius 1 is 1.33 bits per heavy atom. The van der Waals surface area contributed by atoms with Crippen LogP contribution in [-0.2, 0) is 16.6 Å². The van der Waals surface area contributed by atoms with Crippen molar-refractivity contribution in [2.75, 3.05) is 0 Å². The number of nitrogens with two attached hydrogens (primary N) is 1. The van der Waals surface area contributed by atoms with Gasteiger partial charge in [0.25, 0.3) is 15.2 Å². The predicted octanol–water partition coefficient (Wildman–Crippen LogP) is 1.70. The minimum Gasteiger partial charge on any atom is -0.296 e. The van der Waals surface area contributed by atoms with Gasteiger partial charge in [-0.3, -0.25) is 4.57 Å². The van der Waals surface area contributed by atoms with E-state index in [9.17, 15) is 12.8 Å². The van der Waals surface area contributed by atoms with E-state index >= 15 is 0 Å².